The molecule has 1 aliphatic carbocycles. The van der Waals surface area contributed by atoms with Crippen LogP contribution in [0.25, 0.3) is 0 Å². The molecule has 2 rings (SSSR count). The van der Waals surface area contributed by atoms with Crippen LogP contribution in [0.15, 0.2) is 24.8 Å². The Morgan fingerprint density at radius 2 is 1.94 bits per heavy atom. The standard InChI is InChI=1S/C13H15F2NO/c1-2-5-16(10-3-4-10)13-11(14)6-9(8-17)7-12(13)15/h2,6-7,10,17H,1,3-5,8H2. The van der Waals surface area contributed by atoms with E-state index in [1.165, 1.54) is 12.1 Å². The van der Waals surface area contributed by atoms with Crippen molar-refractivity contribution in [2.75, 3.05) is 11.4 Å². The van der Waals surface area contributed by atoms with Gasteiger partial charge in [-0.05, 0) is 30.5 Å². The van der Waals surface area contributed by atoms with Crippen LogP contribution in [-0.4, -0.2) is 17.7 Å². The van der Waals surface area contributed by atoms with Crippen molar-refractivity contribution in [2.45, 2.75) is 25.5 Å². The Labute approximate surface area is 99.2 Å². The molecule has 0 radical (unpaired) electrons. The van der Waals surface area contributed by atoms with E-state index in [1.807, 2.05) is 0 Å². The van der Waals surface area contributed by atoms with Gasteiger partial charge in [0, 0.05) is 12.6 Å². The third kappa shape index (κ3) is 2.47. The first-order valence-electron chi connectivity index (χ1n) is 5.63. The minimum atomic E-state index is -0.622. The Kier molecular flexibility index (Phi) is 3.43. The first-order chi connectivity index (χ1) is 8.17. The lowest BCUT2D eigenvalue weighted by molar-refractivity contribution is 0.280. The highest BCUT2D eigenvalue weighted by atomic mass is 19.1. The maximum Gasteiger partial charge on any atom is 0.149 e. The van der Waals surface area contributed by atoms with Gasteiger partial charge in [0.2, 0.25) is 0 Å². The van der Waals surface area contributed by atoms with Crippen molar-refractivity contribution < 1.29 is 13.9 Å². The van der Waals surface area contributed by atoms with Gasteiger partial charge in [-0.3, -0.25) is 0 Å². The van der Waals surface area contributed by atoms with E-state index in [0.29, 0.717) is 6.54 Å². The number of anilines is 1. The summed E-state index contributed by atoms with van der Waals surface area (Å²) in [4.78, 5) is 1.69. The highest BCUT2D eigenvalue weighted by molar-refractivity contribution is 5.53. The second kappa shape index (κ2) is 4.84. The normalized spacial score (nSPS) is 14.8. The Hall–Kier alpha value is -1.42. The summed E-state index contributed by atoms with van der Waals surface area (Å²) in [6.07, 6.45) is 3.54. The van der Waals surface area contributed by atoms with Crippen molar-refractivity contribution in [2.24, 2.45) is 0 Å². The molecule has 1 aromatic rings. The van der Waals surface area contributed by atoms with E-state index in [0.717, 1.165) is 12.8 Å². The lowest BCUT2D eigenvalue weighted by Gasteiger charge is -2.24. The van der Waals surface area contributed by atoms with E-state index in [-0.39, 0.29) is 23.9 Å². The van der Waals surface area contributed by atoms with Crippen LogP contribution < -0.4 is 4.90 Å². The monoisotopic (exact) mass is 239 g/mol. The number of hydrogen-bond acceptors (Lipinski definition) is 2. The molecule has 2 nitrogen and oxygen atoms in total. The molecule has 0 atom stereocenters. The smallest absolute Gasteiger partial charge is 0.149 e. The molecule has 1 aromatic carbocycles. The van der Waals surface area contributed by atoms with Gasteiger partial charge in [-0.25, -0.2) is 8.78 Å². The van der Waals surface area contributed by atoms with E-state index in [1.54, 1.807) is 11.0 Å². The predicted molar refractivity (Wildman–Crippen MR) is 62.8 cm³/mol. The van der Waals surface area contributed by atoms with Crippen LogP contribution in [-0.2, 0) is 6.61 Å². The lowest BCUT2D eigenvalue weighted by atomic mass is 10.1. The number of halogens is 2. The SMILES string of the molecule is C=CCN(c1c(F)cc(CO)cc1F)C1CC1. The highest BCUT2D eigenvalue weighted by Crippen LogP contribution is 2.35. The third-order valence-corrected chi connectivity index (χ3v) is 2.86. The first-order valence-corrected chi connectivity index (χ1v) is 5.63. The minimum absolute atomic E-state index is 0.00963. The van der Waals surface area contributed by atoms with Crippen molar-refractivity contribution in [3.8, 4) is 0 Å². The fourth-order valence-corrected chi connectivity index (χ4v) is 1.93. The lowest BCUT2D eigenvalue weighted by Crippen LogP contribution is -2.27. The zero-order chi connectivity index (χ0) is 12.4. The van der Waals surface area contributed by atoms with Gasteiger partial charge in [0.05, 0.1) is 6.61 Å². The summed E-state index contributed by atoms with van der Waals surface area (Å²) in [6, 6.07) is 2.56. The summed E-state index contributed by atoms with van der Waals surface area (Å²) in [6.45, 7) is 3.67. The molecule has 1 aliphatic rings. The van der Waals surface area contributed by atoms with Crippen LogP contribution in [0.1, 0.15) is 18.4 Å². The number of hydrogen-bond donors (Lipinski definition) is 1. The summed E-state index contributed by atoms with van der Waals surface area (Å²) in [7, 11) is 0. The summed E-state index contributed by atoms with van der Waals surface area (Å²) in [5.74, 6) is -1.24. The van der Waals surface area contributed by atoms with E-state index in [9.17, 15) is 8.78 Å². The summed E-state index contributed by atoms with van der Waals surface area (Å²) in [5, 5.41) is 8.88. The van der Waals surface area contributed by atoms with Gasteiger partial charge >= 0.3 is 0 Å². The molecule has 17 heavy (non-hydrogen) atoms. The number of aliphatic hydroxyl groups is 1. The van der Waals surface area contributed by atoms with E-state index in [4.69, 9.17) is 5.11 Å². The van der Waals surface area contributed by atoms with Crippen molar-refractivity contribution in [3.05, 3.63) is 42.0 Å². The predicted octanol–water partition coefficient (Wildman–Crippen LogP) is 2.61. The van der Waals surface area contributed by atoms with Gasteiger partial charge < -0.3 is 10.0 Å². The van der Waals surface area contributed by atoms with E-state index >= 15 is 0 Å². The minimum Gasteiger partial charge on any atom is -0.392 e. The number of benzene rings is 1. The molecule has 0 bridgehead atoms. The molecule has 92 valence electrons. The molecule has 0 heterocycles. The highest BCUT2D eigenvalue weighted by Gasteiger charge is 2.31. The second-order valence-electron chi connectivity index (χ2n) is 4.24. The van der Waals surface area contributed by atoms with Crippen LogP contribution in [0, 0.1) is 11.6 Å². The molecule has 4 heteroatoms. The maximum absolute atomic E-state index is 13.8. The fraction of sp³-hybridized carbons (Fsp3) is 0.385. The zero-order valence-electron chi connectivity index (χ0n) is 9.50. The largest absolute Gasteiger partial charge is 0.392 e. The summed E-state index contributed by atoms with van der Waals surface area (Å²) in [5.41, 5.74) is 0.239. The van der Waals surface area contributed by atoms with Crippen LogP contribution in [0.3, 0.4) is 0 Å². The van der Waals surface area contributed by atoms with Crippen molar-refractivity contribution in [3.63, 3.8) is 0 Å². The summed E-state index contributed by atoms with van der Waals surface area (Å²) < 4.78 is 27.7. The van der Waals surface area contributed by atoms with Gasteiger partial charge in [0.25, 0.3) is 0 Å². The molecular weight excluding hydrogens is 224 g/mol. The third-order valence-electron chi connectivity index (χ3n) is 2.86. The molecular formula is C13H15F2NO. The van der Waals surface area contributed by atoms with Crippen molar-refractivity contribution in [1.29, 1.82) is 0 Å². The van der Waals surface area contributed by atoms with Crippen molar-refractivity contribution >= 4 is 5.69 Å². The second-order valence-corrected chi connectivity index (χ2v) is 4.24. The Balaban J connectivity index is 2.38. The number of nitrogens with zero attached hydrogens (tertiary/aromatic N) is 1. The Morgan fingerprint density at radius 1 is 1.35 bits per heavy atom. The van der Waals surface area contributed by atoms with Crippen LogP contribution >= 0.6 is 0 Å². The molecule has 1 fully saturated rings. The van der Waals surface area contributed by atoms with Gasteiger partial charge in [-0.1, -0.05) is 6.08 Å². The molecule has 0 unspecified atom stereocenters. The molecule has 0 aliphatic heterocycles. The average Bonchev–Trinajstić information content (AvgIpc) is 3.10. The zero-order valence-corrected chi connectivity index (χ0v) is 9.50. The first kappa shape index (κ1) is 12.0. The maximum atomic E-state index is 13.8. The fourth-order valence-electron chi connectivity index (χ4n) is 1.93. The van der Waals surface area contributed by atoms with E-state index in [2.05, 4.69) is 6.58 Å². The number of rotatable bonds is 5. The van der Waals surface area contributed by atoms with Gasteiger partial charge in [0.1, 0.15) is 17.3 Å². The molecule has 1 saturated carbocycles. The Bertz CT molecular complexity index is 406. The summed E-state index contributed by atoms with van der Waals surface area (Å²) >= 11 is 0. The van der Waals surface area contributed by atoms with Gasteiger partial charge in [0.15, 0.2) is 0 Å². The van der Waals surface area contributed by atoms with Gasteiger partial charge in [-0.15, -0.1) is 6.58 Å². The molecule has 0 aromatic heterocycles. The molecule has 1 N–H and O–H groups in total. The Morgan fingerprint density at radius 3 is 2.35 bits per heavy atom. The topological polar surface area (TPSA) is 23.5 Å². The van der Waals surface area contributed by atoms with E-state index < -0.39 is 11.6 Å². The quantitative estimate of drug-likeness (QED) is 0.798. The van der Waals surface area contributed by atoms with Crippen LogP contribution in [0.5, 0.6) is 0 Å². The molecule has 0 amide bonds. The average molecular weight is 239 g/mol. The molecule has 0 saturated heterocycles. The van der Waals surface area contributed by atoms with Gasteiger partial charge in [-0.2, -0.15) is 0 Å². The van der Waals surface area contributed by atoms with Crippen LogP contribution in [0.2, 0.25) is 0 Å². The molecule has 0 spiro atoms. The van der Waals surface area contributed by atoms with Crippen molar-refractivity contribution in [1.82, 2.24) is 0 Å². The number of aliphatic hydroxyl groups excluding tert-OH is 1. The van der Waals surface area contributed by atoms with Crippen LogP contribution in [0.4, 0.5) is 14.5 Å².